The molecule has 0 aromatic heterocycles. The van der Waals surface area contributed by atoms with E-state index >= 15 is 0 Å². The van der Waals surface area contributed by atoms with E-state index in [-0.39, 0.29) is 11.1 Å². The fourth-order valence-corrected chi connectivity index (χ4v) is 3.06. The molecule has 1 nitrogen and oxygen atoms in total. The number of hydrogen-bond acceptors (Lipinski definition) is 1. The predicted octanol–water partition coefficient (Wildman–Crippen LogP) is 4.74. The fourth-order valence-electron chi connectivity index (χ4n) is 2.95. The van der Waals surface area contributed by atoms with Crippen molar-refractivity contribution in [3.8, 4) is 0 Å². The minimum Gasteiger partial charge on any atom is -0.392 e. The van der Waals surface area contributed by atoms with E-state index in [9.17, 15) is 9.50 Å². The Morgan fingerprint density at radius 3 is 2.42 bits per heavy atom. The van der Waals surface area contributed by atoms with Gasteiger partial charge in [0.1, 0.15) is 5.82 Å². The summed E-state index contributed by atoms with van der Waals surface area (Å²) in [5, 5.41) is 10.5. The van der Waals surface area contributed by atoms with Crippen molar-refractivity contribution in [3.63, 3.8) is 0 Å². The van der Waals surface area contributed by atoms with Gasteiger partial charge < -0.3 is 5.11 Å². The molecule has 0 radical (unpaired) electrons. The number of hydrogen-bond donors (Lipinski definition) is 1. The summed E-state index contributed by atoms with van der Waals surface area (Å²) in [4.78, 5) is 0. The van der Waals surface area contributed by atoms with Crippen LogP contribution in [0, 0.1) is 11.7 Å². The highest BCUT2D eigenvalue weighted by Gasteiger charge is 2.20. The Balaban J connectivity index is 1.94. The van der Waals surface area contributed by atoms with Crippen LogP contribution in [0.4, 0.5) is 4.39 Å². The maximum Gasteiger partial charge on any atom is 0.142 e. The van der Waals surface area contributed by atoms with Crippen molar-refractivity contribution in [1.82, 2.24) is 0 Å². The van der Waals surface area contributed by atoms with Crippen LogP contribution in [0.2, 0.25) is 5.02 Å². The second-order valence-corrected chi connectivity index (χ2v) is 6.03. The fraction of sp³-hybridized carbons (Fsp3) is 0.625. The molecule has 1 saturated carbocycles. The molecule has 1 aromatic carbocycles. The van der Waals surface area contributed by atoms with Gasteiger partial charge in [-0.25, -0.2) is 4.39 Å². The normalized spacial score (nSPS) is 19.7. The first-order valence-corrected chi connectivity index (χ1v) is 7.66. The first-order valence-electron chi connectivity index (χ1n) is 7.29. The highest BCUT2D eigenvalue weighted by molar-refractivity contribution is 6.30. The molecule has 1 unspecified atom stereocenters. The van der Waals surface area contributed by atoms with Crippen LogP contribution in [0.1, 0.15) is 50.5 Å². The summed E-state index contributed by atoms with van der Waals surface area (Å²) < 4.78 is 13.4. The summed E-state index contributed by atoms with van der Waals surface area (Å²) in [6.07, 6.45) is 8.64. The largest absolute Gasteiger partial charge is 0.392 e. The Labute approximate surface area is 119 Å². The zero-order valence-corrected chi connectivity index (χ0v) is 12.0. The predicted molar refractivity (Wildman–Crippen MR) is 76.9 cm³/mol. The SMILES string of the molecule is OC(Cc1ccc(Cl)c(F)c1)C1CCCCCCC1. The van der Waals surface area contributed by atoms with Crippen LogP contribution in [0.3, 0.4) is 0 Å². The third-order valence-corrected chi connectivity index (χ3v) is 4.43. The first-order chi connectivity index (χ1) is 9.16. The maximum absolute atomic E-state index is 13.4. The van der Waals surface area contributed by atoms with Crippen molar-refractivity contribution < 1.29 is 9.50 Å². The highest BCUT2D eigenvalue weighted by atomic mass is 35.5. The summed E-state index contributed by atoms with van der Waals surface area (Å²) in [5.41, 5.74) is 0.830. The molecule has 106 valence electrons. The summed E-state index contributed by atoms with van der Waals surface area (Å²) in [6, 6.07) is 4.81. The Kier molecular flexibility index (Phi) is 5.65. The van der Waals surface area contributed by atoms with Gasteiger partial charge in [0.05, 0.1) is 11.1 Å². The molecule has 0 bridgehead atoms. The second kappa shape index (κ2) is 7.25. The molecule has 2 rings (SSSR count). The van der Waals surface area contributed by atoms with Crippen molar-refractivity contribution in [2.75, 3.05) is 0 Å². The van der Waals surface area contributed by atoms with Crippen molar-refractivity contribution >= 4 is 11.6 Å². The monoisotopic (exact) mass is 284 g/mol. The topological polar surface area (TPSA) is 20.2 Å². The lowest BCUT2D eigenvalue weighted by Crippen LogP contribution is -2.23. The minimum atomic E-state index is -0.399. The van der Waals surface area contributed by atoms with E-state index in [0.717, 1.165) is 18.4 Å². The van der Waals surface area contributed by atoms with E-state index in [1.54, 1.807) is 12.1 Å². The van der Waals surface area contributed by atoms with Crippen molar-refractivity contribution in [2.45, 2.75) is 57.5 Å². The van der Waals surface area contributed by atoms with Crippen molar-refractivity contribution in [2.24, 2.45) is 5.92 Å². The van der Waals surface area contributed by atoms with E-state index in [2.05, 4.69) is 0 Å². The van der Waals surface area contributed by atoms with Crippen LogP contribution in [-0.4, -0.2) is 11.2 Å². The van der Waals surface area contributed by atoms with Gasteiger partial charge in [0.15, 0.2) is 0 Å². The molecule has 19 heavy (non-hydrogen) atoms. The molecule has 0 saturated heterocycles. The molecule has 3 heteroatoms. The lowest BCUT2D eigenvalue weighted by Gasteiger charge is -2.25. The Hall–Kier alpha value is -0.600. The molecule has 0 heterocycles. The molecule has 1 N–H and O–H groups in total. The molecule has 0 aliphatic heterocycles. The van der Waals surface area contributed by atoms with Gasteiger partial charge in [-0.3, -0.25) is 0 Å². The molecule has 1 atom stereocenters. The highest BCUT2D eigenvalue weighted by Crippen LogP contribution is 2.27. The van der Waals surface area contributed by atoms with Gasteiger partial charge >= 0.3 is 0 Å². The zero-order valence-electron chi connectivity index (χ0n) is 11.2. The molecule has 0 spiro atoms. The number of aliphatic hydroxyl groups is 1. The zero-order chi connectivity index (χ0) is 13.7. The molecule has 0 amide bonds. The molecular weight excluding hydrogens is 263 g/mol. The number of rotatable bonds is 3. The Bertz CT molecular complexity index is 400. The lowest BCUT2D eigenvalue weighted by molar-refractivity contribution is 0.0913. The van der Waals surface area contributed by atoms with Crippen LogP contribution < -0.4 is 0 Å². The van der Waals surface area contributed by atoms with Crippen LogP contribution in [0.15, 0.2) is 18.2 Å². The number of aliphatic hydroxyl groups excluding tert-OH is 1. The van der Waals surface area contributed by atoms with E-state index in [0.29, 0.717) is 12.3 Å². The molecular formula is C16H22ClFO. The summed E-state index contributed by atoms with van der Waals surface area (Å²) in [6.45, 7) is 0. The standard InChI is InChI=1S/C16H22ClFO/c17-14-9-8-12(10-15(14)18)11-16(19)13-6-4-2-1-3-5-7-13/h8-10,13,16,19H,1-7,11H2. The average molecular weight is 285 g/mol. The van der Waals surface area contributed by atoms with Gasteiger partial charge in [0.25, 0.3) is 0 Å². The Morgan fingerprint density at radius 1 is 1.16 bits per heavy atom. The van der Waals surface area contributed by atoms with E-state index < -0.39 is 5.82 Å². The minimum absolute atomic E-state index is 0.143. The third kappa shape index (κ3) is 4.47. The van der Waals surface area contributed by atoms with E-state index in [1.165, 1.54) is 38.2 Å². The third-order valence-electron chi connectivity index (χ3n) is 4.12. The van der Waals surface area contributed by atoms with Crippen molar-refractivity contribution in [1.29, 1.82) is 0 Å². The second-order valence-electron chi connectivity index (χ2n) is 5.63. The molecule has 1 aliphatic carbocycles. The van der Waals surface area contributed by atoms with Gasteiger partial charge in [-0.1, -0.05) is 49.8 Å². The first kappa shape index (κ1) is 14.8. The van der Waals surface area contributed by atoms with Crippen LogP contribution in [0.25, 0.3) is 0 Å². The average Bonchev–Trinajstić information content (AvgIpc) is 2.33. The van der Waals surface area contributed by atoms with Gasteiger partial charge in [0, 0.05) is 0 Å². The van der Waals surface area contributed by atoms with E-state index in [1.807, 2.05) is 0 Å². The smallest absolute Gasteiger partial charge is 0.142 e. The van der Waals surface area contributed by atoms with Crippen LogP contribution >= 0.6 is 11.6 Å². The quantitative estimate of drug-likeness (QED) is 0.850. The molecule has 1 aliphatic rings. The van der Waals surface area contributed by atoms with Crippen LogP contribution in [-0.2, 0) is 6.42 Å². The van der Waals surface area contributed by atoms with Gasteiger partial charge in [-0.2, -0.15) is 0 Å². The molecule has 1 fully saturated rings. The summed E-state index contributed by atoms with van der Waals surface area (Å²) in [7, 11) is 0. The van der Waals surface area contributed by atoms with Gasteiger partial charge in [-0.15, -0.1) is 0 Å². The summed E-state index contributed by atoms with van der Waals surface area (Å²) >= 11 is 5.67. The molecule has 1 aromatic rings. The summed E-state index contributed by atoms with van der Waals surface area (Å²) in [5.74, 6) is -0.0388. The van der Waals surface area contributed by atoms with Crippen LogP contribution in [0.5, 0.6) is 0 Å². The van der Waals surface area contributed by atoms with Crippen molar-refractivity contribution in [3.05, 3.63) is 34.6 Å². The maximum atomic E-state index is 13.4. The van der Waals surface area contributed by atoms with Gasteiger partial charge in [0.2, 0.25) is 0 Å². The van der Waals surface area contributed by atoms with E-state index in [4.69, 9.17) is 11.6 Å². The van der Waals surface area contributed by atoms with Gasteiger partial charge in [-0.05, 0) is 42.9 Å². The Morgan fingerprint density at radius 2 is 1.79 bits per heavy atom. The lowest BCUT2D eigenvalue weighted by atomic mass is 9.85. The number of benzene rings is 1. The number of halogens is 2.